The Hall–Kier alpha value is -1.27. The van der Waals surface area contributed by atoms with Crippen LogP contribution >= 0.6 is 0 Å². The monoisotopic (exact) mass is 256 g/mol. The van der Waals surface area contributed by atoms with E-state index in [9.17, 15) is 8.42 Å². The van der Waals surface area contributed by atoms with E-state index in [2.05, 4.69) is 4.72 Å². The first kappa shape index (κ1) is 12.2. The summed E-state index contributed by atoms with van der Waals surface area (Å²) in [5.41, 5.74) is 6.00. The predicted molar refractivity (Wildman–Crippen MR) is 65.3 cm³/mol. The minimum absolute atomic E-state index is 0.0978. The van der Waals surface area contributed by atoms with Crippen molar-refractivity contribution in [2.45, 2.75) is 17.7 Å². The van der Waals surface area contributed by atoms with E-state index in [-0.39, 0.29) is 4.90 Å². The van der Waals surface area contributed by atoms with Gasteiger partial charge in [-0.3, -0.25) is 0 Å². The highest BCUT2D eigenvalue weighted by Gasteiger charge is 2.24. The number of sulfonamides is 1. The number of nitrogens with two attached hydrogens (primary N) is 1. The first-order valence-electron chi connectivity index (χ1n) is 5.49. The molecule has 1 aliphatic rings. The number of nitrogen functional groups attached to an aromatic ring is 1. The number of ether oxygens (including phenoxy) is 1. The molecule has 0 aliphatic heterocycles. The van der Waals surface area contributed by atoms with Crippen molar-refractivity contribution in [3.8, 4) is 5.75 Å². The van der Waals surface area contributed by atoms with Crippen molar-refractivity contribution in [2.24, 2.45) is 5.92 Å². The first-order chi connectivity index (χ1) is 8.03. The normalized spacial score (nSPS) is 15.8. The highest BCUT2D eigenvalue weighted by Crippen LogP contribution is 2.32. The zero-order chi connectivity index (χ0) is 12.5. The maximum atomic E-state index is 11.8. The maximum absolute atomic E-state index is 11.8. The summed E-state index contributed by atoms with van der Waals surface area (Å²) >= 11 is 0. The molecule has 6 heteroatoms. The summed E-state index contributed by atoms with van der Waals surface area (Å²) in [6.07, 6.45) is 2.31. The molecule has 0 bridgehead atoms. The van der Waals surface area contributed by atoms with Crippen LogP contribution in [0.4, 0.5) is 5.69 Å². The highest BCUT2D eigenvalue weighted by molar-refractivity contribution is 7.89. The fourth-order valence-electron chi connectivity index (χ4n) is 1.46. The molecule has 0 unspecified atom stereocenters. The molecule has 0 radical (unpaired) electrons. The van der Waals surface area contributed by atoms with Gasteiger partial charge in [0, 0.05) is 5.69 Å². The third-order valence-electron chi connectivity index (χ3n) is 2.70. The molecule has 0 atom stereocenters. The summed E-state index contributed by atoms with van der Waals surface area (Å²) in [4.78, 5) is 0.0978. The lowest BCUT2D eigenvalue weighted by Crippen LogP contribution is -2.20. The van der Waals surface area contributed by atoms with E-state index < -0.39 is 10.0 Å². The van der Waals surface area contributed by atoms with Gasteiger partial charge in [-0.25, -0.2) is 13.1 Å². The Morgan fingerprint density at radius 1 is 1.47 bits per heavy atom. The summed E-state index contributed by atoms with van der Waals surface area (Å²) in [7, 11) is -2.17. The summed E-state index contributed by atoms with van der Waals surface area (Å²) in [5, 5.41) is 0. The molecule has 1 aliphatic carbocycles. The number of hydrogen-bond donors (Lipinski definition) is 2. The van der Waals surface area contributed by atoms with Crippen molar-refractivity contribution in [3.05, 3.63) is 18.2 Å². The van der Waals surface area contributed by atoms with Gasteiger partial charge in [0.1, 0.15) is 10.6 Å². The van der Waals surface area contributed by atoms with Crippen molar-refractivity contribution in [2.75, 3.05) is 19.4 Å². The Balaban J connectivity index is 2.29. The van der Waals surface area contributed by atoms with Gasteiger partial charge in [0.2, 0.25) is 10.0 Å². The molecule has 0 amide bonds. The molecule has 1 aromatic rings. The fourth-order valence-corrected chi connectivity index (χ4v) is 2.36. The first-order valence-corrected chi connectivity index (χ1v) is 6.97. The van der Waals surface area contributed by atoms with Crippen molar-refractivity contribution < 1.29 is 13.2 Å². The number of rotatable bonds is 5. The van der Waals surface area contributed by atoms with Crippen LogP contribution in [0.3, 0.4) is 0 Å². The van der Waals surface area contributed by atoms with Crippen molar-refractivity contribution >= 4 is 15.7 Å². The lowest BCUT2D eigenvalue weighted by molar-refractivity contribution is 0.292. The van der Waals surface area contributed by atoms with Crippen molar-refractivity contribution in [3.63, 3.8) is 0 Å². The predicted octanol–water partition coefficient (Wildman–Crippen LogP) is 0.966. The molecule has 1 fully saturated rings. The maximum Gasteiger partial charge on any atom is 0.244 e. The van der Waals surface area contributed by atoms with Crippen molar-refractivity contribution in [1.29, 1.82) is 0 Å². The van der Waals surface area contributed by atoms with E-state index >= 15 is 0 Å². The van der Waals surface area contributed by atoms with Crippen LogP contribution < -0.4 is 15.2 Å². The lowest BCUT2D eigenvalue weighted by Gasteiger charge is -2.11. The molecule has 17 heavy (non-hydrogen) atoms. The van der Waals surface area contributed by atoms with E-state index in [1.165, 1.54) is 13.1 Å². The van der Waals surface area contributed by atoms with Crippen LogP contribution in [0.2, 0.25) is 0 Å². The van der Waals surface area contributed by atoms with Gasteiger partial charge < -0.3 is 10.5 Å². The van der Waals surface area contributed by atoms with Crippen LogP contribution in [0.5, 0.6) is 5.75 Å². The molecule has 0 saturated heterocycles. The highest BCUT2D eigenvalue weighted by atomic mass is 32.2. The van der Waals surface area contributed by atoms with Crippen LogP contribution in [-0.4, -0.2) is 22.1 Å². The largest absolute Gasteiger partial charge is 0.492 e. The number of anilines is 1. The van der Waals surface area contributed by atoms with Gasteiger partial charge in [0.15, 0.2) is 0 Å². The van der Waals surface area contributed by atoms with Gasteiger partial charge in [-0.2, -0.15) is 0 Å². The van der Waals surface area contributed by atoms with E-state index in [0.29, 0.717) is 24.0 Å². The van der Waals surface area contributed by atoms with Gasteiger partial charge in [-0.05, 0) is 44.0 Å². The Bertz CT molecular complexity index is 509. The van der Waals surface area contributed by atoms with Crippen LogP contribution in [0, 0.1) is 5.92 Å². The molecule has 94 valence electrons. The van der Waals surface area contributed by atoms with Gasteiger partial charge in [0.25, 0.3) is 0 Å². The van der Waals surface area contributed by atoms with Gasteiger partial charge in [0.05, 0.1) is 6.61 Å². The van der Waals surface area contributed by atoms with E-state index in [1.54, 1.807) is 12.1 Å². The Morgan fingerprint density at radius 3 is 2.76 bits per heavy atom. The molecule has 5 nitrogen and oxygen atoms in total. The molecule has 3 N–H and O–H groups in total. The van der Waals surface area contributed by atoms with Gasteiger partial charge >= 0.3 is 0 Å². The third kappa shape index (κ3) is 2.89. The molecule has 0 heterocycles. The lowest BCUT2D eigenvalue weighted by atomic mass is 10.3. The third-order valence-corrected chi connectivity index (χ3v) is 4.13. The quantitative estimate of drug-likeness (QED) is 0.769. The summed E-state index contributed by atoms with van der Waals surface area (Å²) in [6, 6.07) is 4.65. The van der Waals surface area contributed by atoms with Crippen LogP contribution in [-0.2, 0) is 10.0 Å². The Kier molecular flexibility index (Phi) is 3.26. The topological polar surface area (TPSA) is 81.4 Å². The van der Waals surface area contributed by atoms with Crippen molar-refractivity contribution in [1.82, 2.24) is 4.72 Å². The molecule has 2 rings (SSSR count). The second kappa shape index (κ2) is 4.54. The van der Waals surface area contributed by atoms with Gasteiger partial charge in [-0.15, -0.1) is 0 Å². The summed E-state index contributed by atoms with van der Waals surface area (Å²) < 4.78 is 31.4. The fraction of sp³-hybridized carbons (Fsp3) is 0.455. The van der Waals surface area contributed by atoms with E-state index in [4.69, 9.17) is 10.5 Å². The molecule has 1 saturated carbocycles. The standard InChI is InChI=1S/C11H16N2O3S/c1-13-17(14,15)11-6-9(12)4-5-10(11)16-7-8-2-3-8/h4-6,8,13H,2-3,7,12H2,1H3. The van der Waals surface area contributed by atoms with E-state index in [1.807, 2.05) is 0 Å². The Morgan fingerprint density at radius 2 is 2.18 bits per heavy atom. The van der Waals surface area contributed by atoms with Crippen LogP contribution in [0.15, 0.2) is 23.1 Å². The molecular weight excluding hydrogens is 240 g/mol. The Labute approximate surface area is 101 Å². The minimum Gasteiger partial charge on any atom is -0.492 e. The number of nitrogens with one attached hydrogen (secondary N) is 1. The minimum atomic E-state index is -3.53. The van der Waals surface area contributed by atoms with E-state index in [0.717, 1.165) is 12.8 Å². The molecule has 1 aromatic carbocycles. The van der Waals surface area contributed by atoms with Gasteiger partial charge in [-0.1, -0.05) is 0 Å². The summed E-state index contributed by atoms with van der Waals surface area (Å²) in [6.45, 7) is 0.566. The smallest absolute Gasteiger partial charge is 0.244 e. The molecular formula is C11H16N2O3S. The second-order valence-corrected chi connectivity index (χ2v) is 6.02. The molecule has 0 spiro atoms. The molecule has 0 aromatic heterocycles. The summed E-state index contributed by atoms with van der Waals surface area (Å²) in [5.74, 6) is 0.929. The van der Waals surface area contributed by atoms with Crippen LogP contribution in [0.1, 0.15) is 12.8 Å². The SMILES string of the molecule is CNS(=O)(=O)c1cc(N)ccc1OCC1CC1. The van der Waals surface area contributed by atoms with Crippen LogP contribution in [0.25, 0.3) is 0 Å². The zero-order valence-electron chi connectivity index (χ0n) is 9.64. The average molecular weight is 256 g/mol. The average Bonchev–Trinajstić information content (AvgIpc) is 3.11. The second-order valence-electron chi connectivity index (χ2n) is 4.17. The zero-order valence-corrected chi connectivity index (χ0v) is 10.5. The number of benzene rings is 1. The number of hydrogen-bond acceptors (Lipinski definition) is 4.